The summed E-state index contributed by atoms with van der Waals surface area (Å²) in [6.45, 7) is 7.58. The summed E-state index contributed by atoms with van der Waals surface area (Å²) in [4.78, 5) is 55.0. The summed E-state index contributed by atoms with van der Waals surface area (Å²) in [6, 6.07) is 16.8. The van der Waals surface area contributed by atoms with Crippen molar-refractivity contribution >= 4 is 63.7 Å². The standard InChI is InChI=1S/C41H44F3N7O5S/c1-4-26-20-31(51-39(57)50(38(55)40(51,2)3)30-9-8-27(23-45)32(22-30)41(42,43)44)10-12-34(26)56-19-16-25-14-17-49(18-15-25)24-36(53)47-29-7-5-6-28(21-29)46-33-11-13-35(52)48-37(33)54/h5-10,12,20-22,25,33,46H,4,11,13-19,24H2,1-3H3,(H,47,53)(H,48,52,54). The maximum absolute atomic E-state index is 13.8. The molecule has 0 saturated carbocycles. The molecule has 300 valence electrons. The fraction of sp³-hybridized carbons (Fsp3) is 0.415. The van der Waals surface area contributed by atoms with Crippen molar-refractivity contribution in [3.63, 3.8) is 0 Å². The first-order chi connectivity index (χ1) is 27.1. The number of hydrogen-bond acceptors (Lipinski definition) is 9. The van der Waals surface area contributed by atoms with E-state index >= 15 is 0 Å². The number of benzene rings is 3. The lowest BCUT2D eigenvalue weighted by atomic mass is 9.94. The van der Waals surface area contributed by atoms with Crippen molar-refractivity contribution < 1.29 is 37.1 Å². The molecular weight excluding hydrogens is 760 g/mol. The topological polar surface area (TPSA) is 147 Å². The van der Waals surface area contributed by atoms with E-state index in [0.29, 0.717) is 48.2 Å². The van der Waals surface area contributed by atoms with Gasteiger partial charge < -0.3 is 20.3 Å². The van der Waals surface area contributed by atoms with Gasteiger partial charge in [-0.2, -0.15) is 18.4 Å². The van der Waals surface area contributed by atoms with E-state index in [1.165, 1.54) is 6.07 Å². The average Bonchev–Trinajstić information content (AvgIpc) is 3.34. The highest BCUT2D eigenvalue weighted by molar-refractivity contribution is 7.81. The van der Waals surface area contributed by atoms with Gasteiger partial charge in [0.1, 0.15) is 17.3 Å². The Morgan fingerprint density at radius 1 is 1.02 bits per heavy atom. The van der Waals surface area contributed by atoms with E-state index in [9.17, 15) is 37.6 Å². The number of ether oxygens (including phenoxy) is 1. The van der Waals surface area contributed by atoms with Gasteiger partial charge in [-0.05, 0) is 137 Å². The van der Waals surface area contributed by atoms with Gasteiger partial charge in [0.05, 0.1) is 36.0 Å². The predicted octanol–water partition coefficient (Wildman–Crippen LogP) is 6.39. The molecule has 0 aliphatic carbocycles. The van der Waals surface area contributed by atoms with Gasteiger partial charge in [-0.3, -0.25) is 34.3 Å². The van der Waals surface area contributed by atoms with Crippen LogP contribution in [0.2, 0.25) is 0 Å². The van der Waals surface area contributed by atoms with Crippen LogP contribution >= 0.6 is 12.2 Å². The highest BCUT2D eigenvalue weighted by Gasteiger charge is 2.51. The molecule has 0 spiro atoms. The monoisotopic (exact) mass is 803 g/mol. The second kappa shape index (κ2) is 16.9. The number of nitrogens with one attached hydrogen (secondary N) is 3. The number of halogens is 3. The van der Waals surface area contributed by atoms with Gasteiger partial charge >= 0.3 is 6.18 Å². The number of nitriles is 1. The molecule has 3 heterocycles. The molecule has 0 radical (unpaired) electrons. The minimum atomic E-state index is -4.79. The van der Waals surface area contributed by atoms with E-state index in [1.807, 2.05) is 19.1 Å². The van der Waals surface area contributed by atoms with E-state index in [0.717, 1.165) is 54.9 Å². The molecule has 3 aliphatic heterocycles. The van der Waals surface area contributed by atoms with Gasteiger partial charge in [-0.25, -0.2) is 0 Å². The summed E-state index contributed by atoms with van der Waals surface area (Å²) >= 11 is 5.71. The lowest BCUT2D eigenvalue weighted by Gasteiger charge is -2.31. The number of amides is 4. The number of carbonyl (C=O) groups excluding carboxylic acids is 4. The van der Waals surface area contributed by atoms with Crippen LogP contribution in [0.25, 0.3) is 0 Å². The molecule has 3 saturated heterocycles. The van der Waals surface area contributed by atoms with Crippen LogP contribution in [0, 0.1) is 17.2 Å². The molecule has 1 unspecified atom stereocenters. The molecule has 3 aliphatic rings. The average molecular weight is 804 g/mol. The van der Waals surface area contributed by atoms with Crippen LogP contribution in [0.5, 0.6) is 5.75 Å². The minimum Gasteiger partial charge on any atom is -0.493 e. The summed E-state index contributed by atoms with van der Waals surface area (Å²) in [5.41, 5.74) is -0.204. The number of anilines is 4. The van der Waals surface area contributed by atoms with Gasteiger partial charge in [-0.15, -0.1) is 0 Å². The molecule has 3 fully saturated rings. The van der Waals surface area contributed by atoms with E-state index in [2.05, 4.69) is 20.9 Å². The summed E-state index contributed by atoms with van der Waals surface area (Å²) in [6.07, 6.45) is -0.846. The summed E-state index contributed by atoms with van der Waals surface area (Å²) in [5.74, 6) is -0.162. The first kappa shape index (κ1) is 41.1. The zero-order valence-electron chi connectivity index (χ0n) is 31.9. The second-order valence-electron chi connectivity index (χ2n) is 14.9. The zero-order valence-corrected chi connectivity index (χ0v) is 32.7. The van der Waals surface area contributed by atoms with Crippen LogP contribution in [0.3, 0.4) is 0 Å². The van der Waals surface area contributed by atoms with E-state index in [1.54, 1.807) is 55.1 Å². The second-order valence-corrected chi connectivity index (χ2v) is 15.3. The third-order valence-electron chi connectivity index (χ3n) is 10.6. The number of rotatable bonds is 12. The SMILES string of the molecule is CCc1cc(N2C(=S)N(c3ccc(C#N)c(C(F)(F)F)c3)C(=O)C2(C)C)ccc1OCCC1CCN(CC(=O)Nc2cccc(NC3CCC(=O)NC3=O)c2)CC1. The number of carbonyl (C=O) groups is 4. The molecule has 16 heteroatoms. The normalized spacial score (nSPS) is 19.0. The highest BCUT2D eigenvalue weighted by atomic mass is 32.1. The molecule has 0 bridgehead atoms. The van der Waals surface area contributed by atoms with Gasteiger partial charge in [0.25, 0.3) is 5.91 Å². The lowest BCUT2D eigenvalue weighted by molar-refractivity contribution is -0.138. The Bertz CT molecular complexity index is 2110. The summed E-state index contributed by atoms with van der Waals surface area (Å²) in [7, 11) is 0. The largest absolute Gasteiger partial charge is 0.493 e. The fourth-order valence-electron chi connectivity index (χ4n) is 7.47. The predicted molar refractivity (Wildman–Crippen MR) is 213 cm³/mol. The van der Waals surface area contributed by atoms with Crippen molar-refractivity contribution in [2.75, 3.05) is 46.7 Å². The Labute approximate surface area is 334 Å². The van der Waals surface area contributed by atoms with Gasteiger partial charge in [-0.1, -0.05) is 13.0 Å². The van der Waals surface area contributed by atoms with Crippen molar-refractivity contribution in [3.8, 4) is 11.8 Å². The third-order valence-corrected chi connectivity index (χ3v) is 11.0. The number of hydrogen-bond donors (Lipinski definition) is 3. The molecule has 3 aromatic rings. The third kappa shape index (κ3) is 9.21. The number of alkyl halides is 3. The van der Waals surface area contributed by atoms with Crippen LogP contribution in [-0.2, 0) is 31.8 Å². The fourth-order valence-corrected chi connectivity index (χ4v) is 8.00. The number of likely N-dealkylation sites (tertiary alicyclic amines) is 1. The Morgan fingerprint density at radius 3 is 2.42 bits per heavy atom. The molecule has 12 nitrogen and oxygen atoms in total. The van der Waals surface area contributed by atoms with Crippen LogP contribution in [-0.4, -0.2) is 71.5 Å². The molecule has 6 rings (SSSR count). The minimum absolute atomic E-state index is 0.0240. The molecular formula is C41H44F3N7O5S. The quantitative estimate of drug-likeness (QED) is 0.139. The number of aryl methyl sites for hydroxylation is 1. The van der Waals surface area contributed by atoms with E-state index in [-0.39, 0.29) is 41.5 Å². The lowest BCUT2D eigenvalue weighted by Crippen LogP contribution is -2.47. The van der Waals surface area contributed by atoms with Crippen molar-refractivity contribution in [2.24, 2.45) is 5.92 Å². The maximum Gasteiger partial charge on any atom is 0.417 e. The summed E-state index contributed by atoms with van der Waals surface area (Å²) in [5, 5.41) is 17.6. The molecule has 3 N–H and O–H groups in total. The van der Waals surface area contributed by atoms with Crippen molar-refractivity contribution in [2.45, 2.75) is 77.1 Å². The number of thiocarbonyl (C=S) groups is 1. The Kier molecular flexibility index (Phi) is 12.2. The first-order valence-corrected chi connectivity index (χ1v) is 19.3. The van der Waals surface area contributed by atoms with Crippen molar-refractivity contribution in [1.82, 2.24) is 10.2 Å². The molecule has 57 heavy (non-hydrogen) atoms. The maximum atomic E-state index is 13.8. The molecule has 4 amide bonds. The smallest absolute Gasteiger partial charge is 0.417 e. The summed E-state index contributed by atoms with van der Waals surface area (Å²) < 4.78 is 47.5. The zero-order chi connectivity index (χ0) is 41.1. The number of piperidine rings is 2. The molecule has 1 atom stereocenters. The highest BCUT2D eigenvalue weighted by Crippen LogP contribution is 2.40. The molecule has 0 aromatic heterocycles. The van der Waals surface area contributed by atoms with Crippen LogP contribution < -0.4 is 30.5 Å². The van der Waals surface area contributed by atoms with Gasteiger partial charge in [0.2, 0.25) is 17.7 Å². The van der Waals surface area contributed by atoms with E-state index in [4.69, 9.17) is 17.0 Å². The van der Waals surface area contributed by atoms with Crippen LogP contribution in [0.1, 0.15) is 69.6 Å². The van der Waals surface area contributed by atoms with E-state index < -0.39 is 34.8 Å². The van der Waals surface area contributed by atoms with Gasteiger partial charge in [0, 0.05) is 23.5 Å². The van der Waals surface area contributed by atoms with Gasteiger partial charge in [0.15, 0.2) is 5.11 Å². The van der Waals surface area contributed by atoms with Crippen molar-refractivity contribution in [1.29, 1.82) is 5.26 Å². The molecule has 3 aromatic carbocycles. The van der Waals surface area contributed by atoms with Crippen molar-refractivity contribution in [3.05, 3.63) is 77.4 Å². The van der Waals surface area contributed by atoms with Crippen LogP contribution in [0.15, 0.2) is 60.7 Å². The number of nitrogens with zero attached hydrogens (tertiary/aromatic N) is 4. The number of imide groups is 1. The Morgan fingerprint density at radius 2 is 1.74 bits per heavy atom. The Hall–Kier alpha value is -5.53. The van der Waals surface area contributed by atoms with Crippen LogP contribution in [0.4, 0.5) is 35.9 Å². The Balaban J connectivity index is 0.994. The first-order valence-electron chi connectivity index (χ1n) is 18.9.